The van der Waals surface area contributed by atoms with Crippen LogP contribution in [0.3, 0.4) is 0 Å². The molecule has 0 rings (SSSR count). The first kappa shape index (κ1) is 9.71. The normalized spacial score (nSPS) is 15.9. The van der Waals surface area contributed by atoms with Crippen LogP contribution in [0.1, 0.15) is 0 Å². The molecule has 0 aliphatic carbocycles. The van der Waals surface area contributed by atoms with Crippen LogP contribution >= 0.6 is 0 Å². The molecule has 0 saturated carbocycles. The zero-order valence-corrected chi connectivity index (χ0v) is 5.81. The van der Waals surface area contributed by atoms with Crippen LogP contribution in [0.5, 0.6) is 0 Å². The fraction of sp³-hybridized carbons (Fsp3) is 1.00. The van der Waals surface area contributed by atoms with E-state index in [9.17, 15) is 13.2 Å². The lowest BCUT2D eigenvalue weighted by Crippen LogP contribution is -2.37. The first-order valence-corrected chi connectivity index (χ1v) is 2.73. The van der Waals surface area contributed by atoms with Gasteiger partial charge in [0.1, 0.15) is 0 Å². The van der Waals surface area contributed by atoms with Crippen LogP contribution in [0.4, 0.5) is 13.2 Å². The minimum absolute atomic E-state index is 0.385. The van der Waals surface area contributed by atoms with E-state index in [0.29, 0.717) is 0 Å². The van der Waals surface area contributed by atoms with Crippen LogP contribution in [0.25, 0.3) is 0 Å². The number of aliphatic hydroxyl groups excluding tert-OH is 1. The molecule has 0 aromatic rings. The van der Waals surface area contributed by atoms with E-state index in [4.69, 9.17) is 5.11 Å². The lowest BCUT2D eigenvalue weighted by molar-refractivity contribution is -0.206. The van der Waals surface area contributed by atoms with Crippen molar-refractivity contribution in [1.29, 1.82) is 0 Å². The number of aliphatic hydroxyl groups is 1. The van der Waals surface area contributed by atoms with E-state index < -0.39 is 12.3 Å². The summed E-state index contributed by atoms with van der Waals surface area (Å²) in [4.78, 5) is 1.28. The van der Waals surface area contributed by atoms with Crippen molar-refractivity contribution in [3.05, 3.63) is 0 Å². The Labute approximate surface area is 57.2 Å². The fourth-order valence-corrected chi connectivity index (χ4v) is 0.449. The monoisotopic (exact) mass is 157 g/mol. The summed E-state index contributed by atoms with van der Waals surface area (Å²) in [5.41, 5.74) is 0. The largest absolute Gasteiger partial charge is 0.415 e. The smallest absolute Gasteiger partial charge is 0.382 e. The third-order valence-electron chi connectivity index (χ3n) is 0.916. The van der Waals surface area contributed by atoms with Gasteiger partial charge in [-0.05, 0) is 14.1 Å². The van der Waals surface area contributed by atoms with Gasteiger partial charge in [-0.25, -0.2) is 0 Å². The summed E-state index contributed by atoms with van der Waals surface area (Å²) < 4.78 is 34.6. The summed E-state index contributed by atoms with van der Waals surface area (Å²) in [5, 5.41) is 8.39. The van der Waals surface area contributed by atoms with Crippen molar-refractivity contribution in [1.82, 2.24) is 4.90 Å². The zero-order valence-electron chi connectivity index (χ0n) is 5.81. The Morgan fingerprint density at radius 2 is 1.80 bits per heavy atom. The Balaban J connectivity index is 3.73. The third kappa shape index (κ3) is 3.68. The molecule has 0 heterocycles. The molecule has 0 aliphatic rings. The highest BCUT2D eigenvalue weighted by atomic mass is 19.4. The van der Waals surface area contributed by atoms with Gasteiger partial charge in [-0.15, -0.1) is 0 Å². The number of nitrogens with zero attached hydrogens (tertiary/aromatic N) is 1. The summed E-state index contributed by atoms with van der Waals surface area (Å²) in [6.07, 6.45) is -6.73. The Kier molecular flexibility index (Phi) is 3.11. The number of hydrogen-bond donors (Lipinski definition) is 1. The second-order valence-corrected chi connectivity index (χ2v) is 2.32. The van der Waals surface area contributed by atoms with Crippen molar-refractivity contribution in [2.45, 2.75) is 12.3 Å². The molecule has 0 fully saturated rings. The Bertz CT molecular complexity index is 102. The summed E-state index contributed by atoms with van der Waals surface area (Å²) in [7, 11) is 2.93. The number of alkyl halides is 3. The van der Waals surface area contributed by atoms with E-state index in [-0.39, 0.29) is 6.54 Å². The molecule has 0 spiro atoms. The SMILES string of the molecule is CN(C)C[C@@H](O)C(F)(F)F. The van der Waals surface area contributed by atoms with Crippen LogP contribution in [-0.4, -0.2) is 42.9 Å². The molecule has 0 radical (unpaired) electrons. The first-order chi connectivity index (χ1) is 4.34. The van der Waals surface area contributed by atoms with Gasteiger partial charge in [0, 0.05) is 6.54 Å². The molecule has 10 heavy (non-hydrogen) atoms. The number of hydrogen-bond acceptors (Lipinski definition) is 2. The molecule has 0 aliphatic heterocycles. The van der Waals surface area contributed by atoms with Crippen LogP contribution in [0.15, 0.2) is 0 Å². The van der Waals surface area contributed by atoms with Crippen LogP contribution in [0, 0.1) is 0 Å². The molecular formula is C5H10F3NO. The highest BCUT2D eigenvalue weighted by Crippen LogP contribution is 2.19. The predicted octanol–water partition coefficient (Wildman–Crippen LogP) is 0.471. The summed E-state index contributed by atoms with van der Waals surface area (Å²) in [6.45, 7) is -0.385. The Hall–Kier alpha value is -0.290. The molecule has 0 bridgehead atoms. The van der Waals surface area contributed by atoms with Gasteiger partial charge in [0.05, 0.1) is 0 Å². The molecule has 2 nitrogen and oxygen atoms in total. The van der Waals surface area contributed by atoms with Crippen molar-refractivity contribution >= 4 is 0 Å². The van der Waals surface area contributed by atoms with Gasteiger partial charge < -0.3 is 10.0 Å². The lowest BCUT2D eigenvalue weighted by Gasteiger charge is -2.17. The maximum atomic E-state index is 11.5. The van der Waals surface area contributed by atoms with E-state index in [0.717, 1.165) is 0 Å². The molecule has 62 valence electrons. The van der Waals surface area contributed by atoms with E-state index in [2.05, 4.69) is 0 Å². The molecule has 0 unspecified atom stereocenters. The Morgan fingerprint density at radius 1 is 1.40 bits per heavy atom. The second kappa shape index (κ2) is 3.21. The molecule has 1 atom stereocenters. The van der Waals surface area contributed by atoms with Crippen molar-refractivity contribution in [3.63, 3.8) is 0 Å². The maximum absolute atomic E-state index is 11.5. The van der Waals surface area contributed by atoms with Gasteiger partial charge in [-0.2, -0.15) is 13.2 Å². The highest BCUT2D eigenvalue weighted by Gasteiger charge is 2.38. The number of rotatable bonds is 2. The fourth-order valence-electron chi connectivity index (χ4n) is 0.449. The minimum Gasteiger partial charge on any atom is -0.382 e. The topological polar surface area (TPSA) is 23.5 Å². The van der Waals surface area contributed by atoms with Crippen molar-refractivity contribution < 1.29 is 18.3 Å². The standard InChI is InChI=1S/C5H10F3NO/c1-9(2)3-4(10)5(6,7)8/h4,10H,3H2,1-2H3/t4-/m1/s1. The highest BCUT2D eigenvalue weighted by molar-refractivity contribution is 4.66. The van der Waals surface area contributed by atoms with Gasteiger partial charge in [-0.3, -0.25) is 0 Å². The zero-order chi connectivity index (χ0) is 8.36. The van der Waals surface area contributed by atoms with Gasteiger partial charge in [0.15, 0.2) is 6.10 Å². The van der Waals surface area contributed by atoms with Gasteiger partial charge in [0.25, 0.3) is 0 Å². The van der Waals surface area contributed by atoms with Gasteiger partial charge in [-0.1, -0.05) is 0 Å². The molecule has 0 aromatic heterocycles. The summed E-state index contributed by atoms with van der Waals surface area (Å²) >= 11 is 0. The minimum atomic E-state index is -4.50. The maximum Gasteiger partial charge on any atom is 0.415 e. The van der Waals surface area contributed by atoms with Crippen LogP contribution in [0.2, 0.25) is 0 Å². The summed E-state index contributed by atoms with van der Waals surface area (Å²) in [6, 6.07) is 0. The van der Waals surface area contributed by atoms with E-state index in [1.165, 1.54) is 19.0 Å². The van der Waals surface area contributed by atoms with E-state index in [1.54, 1.807) is 0 Å². The third-order valence-corrected chi connectivity index (χ3v) is 0.916. The van der Waals surface area contributed by atoms with Crippen molar-refractivity contribution in [2.75, 3.05) is 20.6 Å². The average molecular weight is 157 g/mol. The van der Waals surface area contributed by atoms with E-state index in [1.807, 2.05) is 0 Å². The molecule has 1 N–H and O–H groups in total. The first-order valence-electron chi connectivity index (χ1n) is 2.73. The quantitative estimate of drug-likeness (QED) is 0.629. The number of likely N-dealkylation sites (N-methyl/N-ethyl adjacent to an activating group) is 1. The van der Waals surface area contributed by atoms with Crippen molar-refractivity contribution in [2.24, 2.45) is 0 Å². The average Bonchev–Trinajstić information content (AvgIpc) is 1.60. The lowest BCUT2D eigenvalue weighted by atomic mass is 10.3. The molecule has 0 saturated heterocycles. The van der Waals surface area contributed by atoms with Crippen LogP contribution < -0.4 is 0 Å². The Morgan fingerprint density at radius 3 is 1.90 bits per heavy atom. The van der Waals surface area contributed by atoms with Gasteiger partial charge >= 0.3 is 6.18 Å². The van der Waals surface area contributed by atoms with E-state index >= 15 is 0 Å². The molecule has 5 heteroatoms. The molecular weight excluding hydrogens is 147 g/mol. The predicted molar refractivity (Wildman–Crippen MR) is 30.6 cm³/mol. The second-order valence-electron chi connectivity index (χ2n) is 2.32. The molecule has 0 aromatic carbocycles. The van der Waals surface area contributed by atoms with Gasteiger partial charge in [0.2, 0.25) is 0 Å². The summed E-state index contributed by atoms with van der Waals surface area (Å²) in [5.74, 6) is 0. The van der Waals surface area contributed by atoms with Crippen molar-refractivity contribution in [3.8, 4) is 0 Å². The number of halogens is 3. The van der Waals surface area contributed by atoms with Crippen LogP contribution in [-0.2, 0) is 0 Å². The molecule has 0 amide bonds.